The molecule has 0 atom stereocenters. The second kappa shape index (κ2) is 9.22. The molecular weight excluding hydrogens is 384 g/mol. The van der Waals surface area contributed by atoms with Crippen LogP contribution in [0.15, 0.2) is 46.9 Å². The Bertz CT molecular complexity index is 762. The lowest BCUT2D eigenvalue weighted by Crippen LogP contribution is -2.22. The summed E-state index contributed by atoms with van der Waals surface area (Å²) in [5.41, 5.74) is 1.57. The van der Waals surface area contributed by atoms with Crippen LogP contribution in [-0.2, 0) is 0 Å². The first-order valence-electron chi connectivity index (χ1n) is 8.17. The van der Waals surface area contributed by atoms with E-state index >= 15 is 0 Å². The minimum atomic E-state index is -0.254. The molecule has 0 spiro atoms. The van der Waals surface area contributed by atoms with Crippen LogP contribution in [0.25, 0.3) is 0 Å². The van der Waals surface area contributed by atoms with Crippen molar-refractivity contribution in [2.75, 3.05) is 18.5 Å². The second-order valence-corrected chi connectivity index (χ2v) is 6.24. The number of rotatable bonds is 7. The van der Waals surface area contributed by atoms with Crippen molar-refractivity contribution in [2.24, 2.45) is 0 Å². The van der Waals surface area contributed by atoms with Crippen LogP contribution in [-0.4, -0.2) is 25.0 Å². The molecule has 132 valence electrons. The van der Waals surface area contributed by atoms with Gasteiger partial charge in [0, 0.05) is 23.4 Å². The molecule has 0 saturated heterocycles. The minimum Gasteiger partial charge on any atom is -0.492 e. The van der Waals surface area contributed by atoms with Gasteiger partial charge >= 0.3 is 0 Å². The van der Waals surface area contributed by atoms with Crippen LogP contribution >= 0.6 is 15.9 Å². The van der Waals surface area contributed by atoms with E-state index in [0.717, 1.165) is 10.9 Å². The van der Waals surface area contributed by atoms with E-state index in [1.807, 2.05) is 13.8 Å². The van der Waals surface area contributed by atoms with Gasteiger partial charge in [-0.2, -0.15) is 0 Å². The maximum atomic E-state index is 12.4. The summed E-state index contributed by atoms with van der Waals surface area (Å²) in [5.74, 6) is 0.284. The highest BCUT2D eigenvalue weighted by Gasteiger charge is 2.11. The van der Waals surface area contributed by atoms with Crippen molar-refractivity contribution >= 4 is 33.4 Å². The Morgan fingerprint density at radius 3 is 2.48 bits per heavy atom. The Hall–Kier alpha value is -2.34. The third-order valence-electron chi connectivity index (χ3n) is 3.38. The van der Waals surface area contributed by atoms with Gasteiger partial charge in [-0.15, -0.1) is 0 Å². The highest BCUT2D eigenvalue weighted by atomic mass is 79.9. The zero-order valence-electron chi connectivity index (χ0n) is 14.3. The fourth-order valence-corrected chi connectivity index (χ4v) is 2.67. The van der Waals surface area contributed by atoms with E-state index in [9.17, 15) is 9.59 Å². The lowest BCUT2D eigenvalue weighted by Gasteiger charge is -2.10. The highest BCUT2D eigenvalue weighted by molar-refractivity contribution is 9.10. The van der Waals surface area contributed by atoms with Crippen molar-refractivity contribution in [3.63, 3.8) is 0 Å². The van der Waals surface area contributed by atoms with Crippen LogP contribution in [0, 0.1) is 0 Å². The Labute approximate surface area is 155 Å². The molecule has 0 heterocycles. The maximum absolute atomic E-state index is 12.4. The Balaban J connectivity index is 2.10. The predicted octanol–water partition coefficient (Wildman–Crippen LogP) is 4.24. The number of hydrogen-bond acceptors (Lipinski definition) is 3. The number of ether oxygens (including phenoxy) is 1. The van der Waals surface area contributed by atoms with E-state index in [1.54, 1.807) is 42.5 Å². The molecule has 0 aliphatic rings. The fraction of sp³-hybridized carbons (Fsp3) is 0.263. The third kappa shape index (κ3) is 5.32. The van der Waals surface area contributed by atoms with Gasteiger partial charge in [-0.3, -0.25) is 9.59 Å². The smallest absolute Gasteiger partial charge is 0.255 e. The van der Waals surface area contributed by atoms with Gasteiger partial charge < -0.3 is 15.4 Å². The molecule has 2 amide bonds. The normalized spacial score (nSPS) is 10.2. The summed E-state index contributed by atoms with van der Waals surface area (Å²) in [4.78, 5) is 24.3. The summed E-state index contributed by atoms with van der Waals surface area (Å²) in [7, 11) is 0. The molecule has 25 heavy (non-hydrogen) atoms. The molecule has 6 heteroatoms. The van der Waals surface area contributed by atoms with Gasteiger partial charge in [-0.05, 0) is 65.7 Å². The number of halogens is 1. The quantitative estimate of drug-likeness (QED) is 0.724. The number of nitrogens with one attached hydrogen (secondary N) is 2. The number of hydrogen-bond donors (Lipinski definition) is 2. The van der Waals surface area contributed by atoms with Crippen LogP contribution in [0.1, 0.15) is 41.0 Å². The molecule has 2 rings (SSSR count). The van der Waals surface area contributed by atoms with Gasteiger partial charge in [0.25, 0.3) is 11.8 Å². The number of amides is 2. The van der Waals surface area contributed by atoms with Crippen LogP contribution in [0.5, 0.6) is 5.75 Å². The summed E-state index contributed by atoms with van der Waals surface area (Å²) >= 11 is 3.42. The summed E-state index contributed by atoms with van der Waals surface area (Å²) < 4.78 is 6.31. The first kappa shape index (κ1) is 19.0. The topological polar surface area (TPSA) is 67.4 Å². The molecule has 2 aromatic carbocycles. The molecule has 5 nitrogen and oxygen atoms in total. The molecule has 0 fully saturated rings. The van der Waals surface area contributed by atoms with E-state index in [2.05, 4.69) is 26.6 Å². The van der Waals surface area contributed by atoms with Gasteiger partial charge in [0.1, 0.15) is 5.75 Å². The third-order valence-corrected chi connectivity index (χ3v) is 4.00. The van der Waals surface area contributed by atoms with Crippen LogP contribution < -0.4 is 15.4 Å². The molecule has 2 aromatic rings. The molecule has 0 saturated carbocycles. The van der Waals surface area contributed by atoms with Gasteiger partial charge in [-0.25, -0.2) is 0 Å². The standard InChI is InChI=1S/C19H21BrN2O3/c1-3-10-25-17-9-8-14(12-16(17)20)19(24)22-15-7-5-6-13(11-15)18(23)21-4-2/h5-9,11-12H,3-4,10H2,1-2H3,(H,21,23)(H,22,24). The van der Waals surface area contributed by atoms with E-state index in [0.29, 0.717) is 35.7 Å². The molecule has 0 radical (unpaired) electrons. The van der Waals surface area contributed by atoms with Crippen molar-refractivity contribution in [3.05, 3.63) is 58.1 Å². The zero-order chi connectivity index (χ0) is 18.2. The molecule has 0 aliphatic carbocycles. The Kier molecular flexibility index (Phi) is 7.01. The first-order valence-corrected chi connectivity index (χ1v) is 8.96. The van der Waals surface area contributed by atoms with Crippen molar-refractivity contribution in [1.29, 1.82) is 0 Å². The minimum absolute atomic E-state index is 0.168. The summed E-state index contributed by atoms with van der Waals surface area (Å²) in [5, 5.41) is 5.54. The number of carbonyl (C=O) groups excluding carboxylic acids is 2. The number of anilines is 1. The molecule has 0 aliphatic heterocycles. The number of benzene rings is 2. The van der Waals surface area contributed by atoms with Gasteiger partial charge in [0.2, 0.25) is 0 Å². The van der Waals surface area contributed by atoms with Crippen LogP contribution in [0.2, 0.25) is 0 Å². The lowest BCUT2D eigenvalue weighted by molar-refractivity contribution is 0.0954. The van der Waals surface area contributed by atoms with E-state index in [1.165, 1.54) is 0 Å². The zero-order valence-corrected chi connectivity index (χ0v) is 15.9. The van der Waals surface area contributed by atoms with Crippen molar-refractivity contribution < 1.29 is 14.3 Å². The monoisotopic (exact) mass is 404 g/mol. The molecular formula is C19H21BrN2O3. The van der Waals surface area contributed by atoms with Crippen LogP contribution in [0.4, 0.5) is 5.69 Å². The van der Waals surface area contributed by atoms with Gasteiger partial charge in [0.05, 0.1) is 11.1 Å². The average Bonchev–Trinajstić information content (AvgIpc) is 2.61. The molecule has 0 bridgehead atoms. The predicted molar refractivity (Wildman–Crippen MR) is 102 cm³/mol. The Morgan fingerprint density at radius 2 is 1.80 bits per heavy atom. The van der Waals surface area contributed by atoms with Crippen molar-refractivity contribution in [1.82, 2.24) is 5.32 Å². The van der Waals surface area contributed by atoms with E-state index in [-0.39, 0.29) is 11.8 Å². The van der Waals surface area contributed by atoms with E-state index < -0.39 is 0 Å². The second-order valence-electron chi connectivity index (χ2n) is 5.39. The molecule has 0 aromatic heterocycles. The Morgan fingerprint density at radius 1 is 1.04 bits per heavy atom. The molecule has 0 unspecified atom stereocenters. The fourth-order valence-electron chi connectivity index (χ4n) is 2.18. The van der Waals surface area contributed by atoms with Crippen LogP contribution in [0.3, 0.4) is 0 Å². The van der Waals surface area contributed by atoms with Crippen molar-refractivity contribution in [2.45, 2.75) is 20.3 Å². The largest absolute Gasteiger partial charge is 0.492 e. The van der Waals surface area contributed by atoms with Gasteiger partial charge in [-0.1, -0.05) is 13.0 Å². The first-order chi connectivity index (χ1) is 12.0. The SMILES string of the molecule is CCCOc1ccc(C(=O)Nc2cccc(C(=O)NCC)c2)cc1Br. The van der Waals surface area contributed by atoms with Gasteiger partial charge in [0.15, 0.2) is 0 Å². The van der Waals surface area contributed by atoms with Crippen molar-refractivity contribution in [3.8, 4) is 5.75 Å². The maximum Gasteiger partial charge on any atom is 0.255 e. The molecule has 2 N–H and O–H groups in total. The summed E-state index contributed by atoms with van der Waals surface area (Å²) in [6, 6.07) is 12.0. The summed E-state index contributed by atoms with van der Waals surface area (Å²) in [6.07, 6.45) is 0.913. The number of carbonyl (C=O) groups is 2. The average molecular weight is 405 g/mol. The highest BCUT2D eigenvalue weighted by Crippen LogP contribution is 2.26. The lowest BCUT2D eigenvalue weighted by atomic mass is 10.1. The summed E-state index contributed by atoms with van der Waals surface area (Å²) in [6.45, 7) is 5.06. The van der Waals surface area contributed by atoms with E-state index in [4.69, 9.17) is 4.74 Å².